The van der Waals surface area contributed by atoms with Crippen molar-refractivity contribution >= 4 is 14.1 Å². The minimum atomic E-state index is -0.111. The lowest BCUT2D eigenvalue weighted by Gasteiger charge is -2.22. The van der Waals surface area contributed by atoms with Crippen LogP contribution in [0.15, 0.2) is 24.3 Å². The second-order valence-electron chi connectivity index (χ2n) is 8.04. The standard InChI is InChI=1S/C11H22NOP.C8H11NO2/c1-7-12-10(5,6)11(12,14-13)8-9(2,3)4;1-10-6-11-8-5-3-2-4-7(8)9/h7-8H2,1-6H3;2-5H,6,9H2,1H3. The molecule has 0 saturated carbocycles. The van der Waals surface area contributed by atoms with E-state index in [-0.39, 0.29) is 31.5 Å². The zero-order chi connectivity index (χ0) is 19.3. The summed E-state index contributed by atoms with van der Waals surface area (Å²) in [5.74, 6) is 0.661. The van der Waals surface area contributed by atoms with E-state index in [1.165, 1.54) is 0 Å². The lowest BCUT2D eigenvalue weighted by atomic mass is 9.87. The number of para-hydroxylation sites is 2. The van der Waals surface area contributed by atoms with Gasteiger partial charge in [-0.3, -0.25) is 9.46 Å². The molecule has 6 heteroatoms. The molecule has 142 valence electrons. The highest BCUT2D eigenvalue weighted by atomic mass is 31.1. The Labute approximate surface area is 154 Å². The van der Waals surface area contributed by atoms with Gasteiger partial charge < -0.3 is 15.2 Å². The van der Waals surface area contributed by atoms with Crippen molar-refractivity contribution in [3.63, 3.8) is 0 Å². The van der Waals surface area contributed by atoms with Crippen LogP contribution in [0.3, 0.4) is 0 Å². The third kappa shape index (κ3) is 5.16. The van der Waals surface area contributed by atoms with Gasteiger partial charge in [-0.2, -0.15) is 0 Å². The lowest BCUT2D eigenvalue weighted by Crippen LogP contribution is -2.22. The van der Waals surface area contributed by atoms with Crippen molar-refractivity contribution in [1.82, 2.24) is 4.90 Å². The first kappa shape index (κ1) is 21.9. The van der Waals surface area contributed by atoms with Crippen LogP contribution >= 0.6 is 8.46 Å². The fraction of sp³-hybridized carbons (Fsp3) is 0.684. The second kappa shape index (κ2) is 8.48. The Morgan fingerprint density at radius 2 is 1.84 bits per heavy atom. The molecule has 2 unspecified atom stereocenters. The van der Waals surface area contributed by atoms with E-state index in [1.807, 2.05) is 12.1 Å². The van der Waals surface area contributed by atoms with Crippen LogP contribution in [0.5, 0.6) is 5.75 Å². The number of hydrogen-bond acceptors (Lipinski definition) is 5. The van der Waals surface area contributed by atoms with Crippen LogP contribution in [0.4, 0.5) is 5.69 Å². The predicted molar refractivity (Wildman–Crippen MR) is 104 cm³/mol. The summed E-state index contributed by atoms with van der Waals surface area (Å²) in [6.45, 7) is 14.4. The molecule has 1 fully saturated rings. The highest BCUT2D eigenvalue weighted by Crippen LogP contribution is 2.62. The Kier molecular flexibility index (Phi) is 7.42. The molecule has 0 radical (unpaired) electrons. The van der Waals surface area contributed by atoms with Crippen molar-refractivity contribution in [2.24, 2.45) is 5.41 Å². The third-order valence-electron chi connectivity index (χ3n) is 4.55. The smallest absolute Gasteiger partial charge is 0.188 e. The van der Waals surface area contributed by atoms with E-state index in [2.05, 4.69) is 46.4 Å². The number of rotatable bonds is 6. The highest BCUT2D eigenvalue weighted by molar-refractivity contribution is 7.26. The van der Waals surface area contributed by atoms with Gasteiger partial charge >= 0.3 is 0 Å². The fourth-order valence-electron chi connectivity index (χ4n) is 3.35. The molecule has 0 spiro atoms. The molecule has 1 saturated heterocycles. The molecule has 2 atom stereocenters. The summed E-state index contributed by atoms with van der Waals surface area (Å²) in [4.78, 5) is 2.33. The van der Waals surface area contributed by atoms with Gasteiger partial charge in [0, 0.05) is 12.6 Å². The first-order valence-corrected chi connectivity index (χ1v) is 9.45. The Bertz CT molecular complexity index is 572. The molecular weight excluding hydrogens is 335 g/mol. The summed E-state index contributed by atoms with van der Waals surface area (Å²) < 4.78 is 21.3. The van der Waals surface area contributed by atoms with Crippen LogP contribution in [-0.4, -0.2) is 36.2 Å². The average Bonchev–Trinajstić information content (AvgIpc) is 2.99. The SMILES string of the molecule is CCN1C(C)(C)C1(CC(C)(C)C)P=O.COCOc1ccccc1N. The molecule has 1 aliphatic heterocycles. The zero-order valence-electron chi connectivity index (χ0n) is 16.6. The maximum atomic E-state index is 11.4. The van der Waals surface area contributed by atoms with Crippen molar-refractivity contribution in [3.8, 4) is 5.75 Å². The normalized spacial score (nSPS) is 24.4. The van der Waals surface area contributed by atoms with Crippen LogP contribution in [0.1, 0.15) is 48.0 Å². The number of nitrogen functional groups attached to an aromatic ring is 1. The molecule has 2 N–H and O–H groups in total. The fourth-order valence-corrected chi connectivity index (χ4v) is 4.68. The maximum Gasteiger partial charge on any atom is 0.188 e. The summed E-state index contributed by atoms with van der Waals surface area (Å²) in [7, 11) is 1.85. The number of anilines is 1. The zero-order valence-corrected chi connectivity index (χ0v) is 17.5. The minimum Gasteiger partial charge on any atom is -0.465 e. The first-order chi connectivity index (χ1) is 11.6. The number of hydrogen-bond donors (Lipinski definition) is 1. The highest BCUT2D eigenvalue weighted by Gasteiger charge is 2.70. The third-order valence-corrected chi connectivity index (χ3v) is 5.80. The number of likely N-dealkylation sites (N-methyl/N-ethyl adjacent to an activating group) is 1. The molecular formula is C19H33N2O3P. The summed E-state index contributed by atoms with van der Waals surface area (Å²) >= 11 is 0. The van der Waals surface area contributed by atoms with Gasteiger partial charge in [0.2, 0.25) is 0 Å². The van der Waals surface area contributed by atoms with E-state index < -0.39 is 0 Å². The Morgan fingerprint density at radius 3 is 2.24 bits per heavy atom. The molecule has 2 rings (SSSR count). The van der Waals surface area contributed by atoms with Gasteiger partial charge in [0.05, 0.1) is 5.69 Å². The largest absolute Gasteiger partial charge is 0.465 e. The Morgan fingerprint density at radius 1 is 1.24 bits per heavy atom. The van der Waals surface area contributed by atoms with Crippen molar-refractivity contribution in [1.29, 1.82) is 0 Å². The van der Waals surface area contributed by atoms with Crippen LogP contribution < -0.4 is 10.5 Å². The van der Waals surface area contributed by atoms with Crippen LogP contribution in [0.2, 0.25) is 0 Å². The Balaban J connectivity index is 0.000000257. The number of benzene rings is 1. The summed E-state index contributed by atoms with van der Waals surface area (Å²) in [6, 6.07) is 7.30. The van der Waals surface area contributed by atoms with Crippen LogP contribution in [0.25, 0.3) is 0 Å². The molecule has 1 aromatic rings. The van der Waals surface area contributed by atoms with E-state index in [0.717, 1.165) is 13.0 Å². The predicted octanol–water partition coefficient (Wildman–Crippen LogP) is 4.78. The molecule has 25 heavy (non-hydrogen) atoms. The molecule has 1 aromatic carbocycles. The van der Waals surface area contributed by atoms with E-state index >= 15 is 0 Å². The van der Waals surface area contributed by atoms with E-state index in [4.69, 9.17) is 15.2 Å². The van der Waals surface area contributed by atoms with E-state index in [1.54, 1.807) is 19.2 Å². The molecule has 5 nitrogen and oxygen atoms in total. The second-order valence-corrected chi connectivity index (χ2v) is 8.96. The van der Waals surface area contributed by atoms with Gasteiger partial charge in [0.15, 0.2) is 15.3 Å². The summed E-state index contributed by atoms with van der Waals surface area (Å²) in [6.07, 6.45) is 0.992. The number of ether oxygens (including phenoxy) is 2. The van der Waals surface area contributed by atoms with Crippen molar-refractivity contribution < 1.29 is 14.0 Å². The molecule has 1 heterocycles. The van der Waals surface area contributed by atoms with Gasteiger partial charge in [-0.15, -0.1) is 0 Å². The summed E-state index contributed by atoms with van der Waals surface area (Å²) in [5.41, 5.74) is 6.54. The minimum absolute atomic E-state index is 0.0956. The van der Waals surface area contributed by atoms with E-state index in [0.29, 0.717) is 11.4 Å². The first-order valence-electron chi connectivity index (χ1n) is 8.64. The van der Waals surface area contributed by atoms with Crippen molar-refractivity contribution in [2.45, 2.75) is 58.8 Å². The number of methoxy groups -OCH3 is 1. The Hall–Kier alpha value is -1.16. The van der Waals surface area contributed by atoms with Crippen LogP contribution in [0, 0.1) is 5.41 Å². The average molecular weight is 368 g/mol. The number of nitrogens with two attached hydrogens (primary N) is 1. The molecule has 0 amide bonds. The summed E-state index contributed by atoms with van der Waals surface area (Å²) in [5, 5.41) is -0.111. The molecule has 0 aliphatic carbocycles. The van der Waals surface area contributed by atoms with Gasteiger partial charge in [0.1, 0.15) is 11.0 Å². The van der Waals surface area contributed by atoms with Gasteiger partial charge in [-0.25, -0.2) is 0 Å². The van der Waals surface area contributed by atoms with Crippen molar-refractivity contribution in [2.75, 3.05) is 26.2 Å². The topological polar surface area (TPSA) is 64.6 Å². The quantitative estimate of drug-likeness (QED) is 0.339. The van der Waals surface area contributed by atoms with Gasteiger partial charge in [-0.05, 0) is 44.4 Å². The molecule has 1 aliphatic rings. The van der Waals surface area contributed by atoms with Crippen molar-refractivity contribution in [3.05, 3.63) is 24.3 Å². The maximum absolute atomic E-state index is 11.4. The van der Waals surface area contributed by atoms with Gasteiger partial charge in [-0.1, -0.05) is 39.8 Å². The molecule has 0 aromatic heterocycles. The lowest BCUT2D eigenvalue weighted by molar-refractivity contribution is 0.0516. The number of nitrogens with zero attached hydrogens (tertiary/aromatic N) is 1. The van der Waals surface area contributed by atoms with Gasteiger partial charge in [0.25, 0.3) is 0 Å². The van der Waals surface area contributed by atoms with E-state index in [9.17, 15) is 4.57 Å². The monoisotopic (exact) mass is 368 g/mol. The van der Waals surface area contributed by atoms with Crippen LogP contribution in [-0.2, 0) is 9.30 Å². The molecule has 0 bridgehead atoms.